The van der Waals surface area contributed by atoms with Gasteiger partial charge in [-0.3, -0.25) is 9.36 Å². The molecular weight excluding hydrogens is 466 g/mol. The third kappa shape index (κ3) is 5.66. The van der Waals surface area contributed by atoms with Crippen molar-refractivity contribution in [1.29, 1.82) is 0 Å². The monoisotopic (exact) mass is 493 g/mol. The van der Waals surface area contributed by atoms with Crippen molar-refractivity contribution >= 4 is 29.0 Å². The van der Waals surface area contributed by atoms with Gasteiger partial charge in [-0.05, 0) is 37.1 Å². The van der Waals surface area contributed by atoms with E-state index >= 15 is 0 Å². The number of ether oxygens (including phenoxy) is 1. The second-order valence-corrected chi connectivity index (χ2v) is 10.1. The first kappa shape index (κ1) is 24.0. The molecule has 4 rings (SSSR count). The van der Waals surface area contributed by atoms with Crippen LogP contribution in [-0.4, -0.2) is 39.3 Å². The van der Waals surface area contributed by atoms with E-state index in [1.807, 2.05) is 28.8 Å². The van der Waals surface area contributed by atoms with Crippen LogP contribution < -0.4 is 10.1 Å². The minimum absolute atomic E-state index is 0.135. The topological polar surface area (TPSA) is 81.9 Å². The molecule has 2 aromatic heterocycles. The number of carbonyl (C=O) groups is 1. The predicted molar refractivity (Wildman–Crippen MR) is 137 cm³/mol. The molecule has 9 heteroatoms. The summed E-state index contributed by atoms with van der Waals surface area (Å²) >= 11 is 3.02. The zero-order chi connectivity index (χ0) is 24.1. The highest BCUT2D eigenvalue weighted by Gasteiger charge is 2.18. The van der Waals surface area contributed by atoms with Gasteiger partial charge in [-0.1, -0.05) is 55.4 Å². The summed E-state index contributed by atoms with van der Waals surface area (Å²) < 4.78 is 7.44. The molecular formula is C25H27N5O2S2. The van der Waals surface area contributed by atoms with Crippen molar-refractivity contribution in [3.63, 3.8) is 0 Å². The van der Waals surface area contributed by atoms with E-state index in [-0.39, 0.29) is 5.91 Å². The largest absolute Gasteiger partial charge is 0.497 e. The quantitative estimate of drug-likeness (QED) is 0.315. The Morgan fingerprint density at radius 2 is 1.97 bits per heavy atom. The SMILES string of the molecule is COc1cccc(-c2nnc(SCc3nc(C(=O)NCC(C)C)cs3)n2-c2ccc(C)cc2)c1. The lowest BCUT2D eigenvalue weighted by atomic mass is 10.2. The number of amides is 1. The lowest BCUT2D eigenvalue weighted by Crippen LogP contribution is -2.27. The lowest BCUT2D eigenvalue weighted by molar-refractivity contribution is 0.0944. The number of carbonyl (C=O) groups excluding carboxylic acids is 1. The maximum absolute atomic E-state index is 12.3. The Balaban J connectivity index is 1.59. The van der Waals surface area contributed by atoms with Crippen molar-refractivity contribution in [2.45, 2.75) is 31.7 Å². The molecule has 0 saturated carbocycles. The van der Waals surface area contributed by atoms with Gasteiger partial charge in [-0.25, -0.2) is 4.98 Å². The number of hydrogen-bond acceptors (Lipinski definition) is 7. The highest BCUT2D eigenvalue weighted by atomic mass is 32.2. The molecule has 34 heavy (non-hydrogen) atoms. The number of thioether (sulfide) groups is 1. The van der Waals surface area contributed by atoms with E-state index in [2.05, 4.69) is 65.5 Å². The van der Waals surface area contributed by atoms with E-state index in [9.17, 15) is 4.79 Å². The van der Waals surface area contributed by atoms with Crippen molar-refractivity contribution in [2.24, 2.45) is 5.92 Å². The van der Waals surface area contributed by atoms with Crippen LogP contribution in [0.1, 0.15) is 34.9 Å². The number of thiazole rings is 1. The summed E-state index contributed by atoms with van der Waals surface area (Å²) in [5, 5.41) is 15.3. The van der Waals surface area contributed by atoms with Crippen LogP contribution in [0.4, 0.5) is 0 Å². The Kier molecular flexibility index (Phi) is 7.64. The van der Waals surface area contributed by atoms with Gasteiger partial charge in [0.15, 0.2) is 11.0 Å². The minimum atomic E-state index is -0.135. The summed E-state index contributed by atoms with van der Waals surface area (Å²) in [5.41, 5.74) is 3.53. The van der Waals surface area contributed by atoms with Gasteiger partial charge in [0.05, 0.1) is 12.9 Å². The average molecular weight is 494 g/mol. The number of aryl methyl sites for hydroxylation is 1. The van der Waals surface area contributed by atoms with Crippen LogP contribution in [0, 0.1) is 12.8 Å². The molecule has 7 nitrogen and oxygen atoms in total. The van der Waals surface area contributed by atoms with E-state index in [1.165, 1.54) is 16.9 Å². The molecule has 2 heterocycles. The first-order valence-electron chi connectivity index (χ1n) is 11.0. The van der Waals surface area contributed by atoms with Crippen LogP contribution in [0.15, 0.2) is 59.1 Å². The number of benzene rings is 2. The molecule has 1 amide bonds. The Morgan fingerprint density at radius 3 is 2.71 bits per heavy atom. The third-order valence-electron chi connectivity index (χ3n) is 5.03. The number of aromatic nitrogens is 4. The summed E-state index contributed by atoms with van der Waals surface area (Å²) in [6.07, 6.45) is 0. The molecule has 0 aliphatic carbocycles. The smallest absolute Gasteiger partial charge is 0.270 e. The number of rotatable bonds is 9. The maximum Gasteiger partial charge on any atom is 0.270 e. The van der Waals surface area contributed by atoms with Crippen molar-refractivity contribution in [3.8, 4) is 22.8 Å². The fraction of sp³-hybridized carbons (Fsp3) is 0.280. The van der Waals surface area contributed by atoms with E-state index < -0.39 is 0 Å². The van der Waals surface area contributed by atoms with Crippen molar-refractivity contribution in [3.05, 3.63) is 70.2 Å². The van der Waals surface area contributed by atoms with Crippen LogP contribution in [0.5, 0.6) is 5.75 Å². The lowest BCUT2D eigenvalue weighted by Gasteiger charge is -2.11. The molecule has 0 saturated heterocycles. The first-order chi connectivity index (χ1) is 16.4. The maximum atomic E-state index is 12.3. The summed E-state index contributed by atoms with van der Waals surface area (Å²) in [4.78, 5) is 16.8. The minimum Gasteiger partial charge on any atom is -0.497 e. The zero-order valence-electron chi connectivity index (χ0n) is 19.6. The molecule has 0 radical (unpaired) electrons. The molecule has 4 aromatic rings. The van der Waals surface area contributed by atoms with Gasteiger partial charge in [-0.15, -0.1) is 21.5 Å². The van der Waals surface area contributed by atoms with Gasteiger partial charge in [-0.2, -0.15) is 0 Å². The van der Waals surface area contributed by atoms with Crippen molar-refractivity contribution in [1.82, 2.24) is 25.1 Å². The first-order valence-corrected chi connectivity index (χ1v) is 12.8. The van der Waals surface area contributed by atoms with Gasteiger partial charge in [0.2, 0.25) is 0 Å². The van der Waals surface area contributed by atoms with Crippen LogP contribution in [0.2, 0.25) is 0 Å². The van der Waals surface area contributed by atoms with Crippen LogP contribution >= 0.6 is 23.1 Å². The fourth-order valence-corrected chi connectivity index (χ4v) is 4.98. The predicted octanol–water partition coefficient (Wildman–Crippen LogP) is 5.39. The van der Waals surface area contributed by atoms with Gasteiger partial charge in [0.25, 0.3) is 5.91 Å². The van der Waals surface area contributed by atoms with Crippen molar-refractivity contribution in [2.75, 3.05) is 13.7 Å². The van der Waals surface area contributed by atoms with E-state index in [4.69, 9.17) is 4.74 Å². The van der Waals surface area contributed by atoms with Gasteiger partial charge >= 0.3 is 0 Å². The molecule has 0 spiro atoms. The number of hydrogen-bond donors (Lipinski definition) is 1. The third-order valence-corrected chi connectivity index (χ3v) is 7.01. The van der Waals surface area contributed by atoms with Crippen molar-refractivity contribution < 1.29 is 9.53 Å². The number of nitrogens with one attached hydrogen (secondary N) is 1. The van der Waals surface area contributed by atoms with Crippen LogP contribution in [-0.2, 0) is 5.75 Å². The summed E-state index contributed by atoms with van der Waals surface area (Å²) in [7, 11) is 1.65. The van der Waals surface area contributed by atoms with E-state index in [0.717, 1.165) is 33.0 Å². The molecule has 2 aromatic carbocycles. The summed E-state index contributed by atoms with van der Waals surface area (Å²) in [6, 6.07) is 16.1. The highest BCUT2D eigenvalue weighted by molar-refractivity contribution is 7.98. The standard InChI is InChI=1S/C25H27N5O2S2/c1-16(2)13-26-24(31)21-14-33-22(27-21)15-34-25-29-28-23(18-6-5-7-20(12-18)32-4)30(25)19-10-8-17(3)9-11-19/h5-12,14,16H,13,15H2,1-4H3,(H,26,31). The Hall–Kier alpha value is -3.17. The average Bonchev–Trinajstić information content (AvgIpc) is 3.49. The van der Waals surface area contributed by atoms with Crippen LogP contribution in [0.3, 0.4) is 0 Å². The molecule has 0 fully saturated rings. The molecule has 0 aliphatic rings. The molecule has 0 aliphatic heterocycles. The normalized spacial score (nSPS) is 11.1. The molecule has 0 atom stereocenters. The molecule has 0 unspecified atom stereocenters. The Morgan fingerprint density at radius 1 is 1.18 bits per heavy atom. The zero-order valence-corrected chi connectivity index (χ0v) is 21.2. The second-order valence-electron chi connectivity index (χ2n) is 8.23. The van der Waals surface area contributed by atoms with Gasteiger partial charge < -0.3 is 10.1 Å². The van der Waals surface area contributed by atoms with E-state index in [0.29, 0.717) is 23.9 Å². The summed E-state index contributed by atoms with van der Waals surface area (Å²) in [5.74, 6) is 2.34. The van der Waals surface area contributed by atoms with Gasteiger partial charge in [0, 0.05) is 23.2 Å². The highest BCUT2D eigenvalue weighted by Crippen LogP contribution is 2.31. The van der Waals surface area contributed by atoms with Gasteiger partial charge in [0.1, 0.15) is 16.5 Å². The Labute approximate surface area is 207 Å². The summed E-state index contributed by atoms with van der Waals surface area (Å²) in [6.45, 7) is 6.82. The molecule has 0 bridgehead atoms. The Bertz CT molecular complexity index is 1260. The van der Waals surface area contributed by atoms with E-state index in [1.54, 1.807) is 24.3 Å². The number of nitrogens with zero attached hydrogens (tertiary/aromatic N) is 4. The fourth-order valence-electron chi connectivity index (χ4n) is 3.23. The second kappa shape index (κ2) is 10.8. The molecule has 1 N–H and O–H groups in total. The van der Waals surface area contributed by atoms with Crippen LogP contribution in [0.25, 0.3) is 17.1 Å². The number of methoxy groups -OCH3 is 1. The molecule has 176 valence electrons.